The number of hydrogen-bond acceptors (Lipinski definition) is 1. The van der Waals surface area contributed by atoms with Crippen LogP contribution in [0.2, 0.25) is 0 Å². The molecular weight excluding hydrogens is 218 g/mol. The third kappa shape index (κ3) is 1.78. The normalized spacial score (nSPS) is 10.8. The van der Waals surface area contributed by atoms with Crippen molar-refractivity contribution in [2.75, 3.05) is 0 Å². The van der Waals surface area contributed by atoms with Crippen molar-refractivity contribution >= 4 is 10.9 Å². The first kappa shape index (κ1) is 11.0. The molecule has 3 rings (SSSR count). The molecule has 88 valence electrons. The van der Waals surface area contributed by atoms with Gasteiger partial charge in [0, 0.05) is 11.6 Å². The minimum Gasteiger partial charge on any atom is -0.256 e. The third-order valence-electron chi connectivity index (χ3n) is 3.28. The van der Waals surface area contributed by atoms with Gasteiger partial charge in [-0.05, 0) is 42.2 Å². The lowest BCUT2D eigenvalue weighted by atomic mass is 9.96. The van der Waals surface area contributed by atoms with Crippen molar-refractivity contribution in [1.29, 1.82) is 0 Å². The van der Waals surface area contributed by atoms with Gasteiger partial charge in [0.15, 0.2) is 0 Å². The summed E-state index contributed by atoms with van der Waals surface area (Å²) in [7, 11) is 0. The maximum Gasteiger partial charge on any atom is 0.0711 e. The fourth-order valence-electron chi connectivity index (χ4n) is 2.39. The fourth-order valence-corrected chi connectivity index (χ4v) is 2.39. The van der Waals surface area contributed by atoms with E-state index in [9.17, 15) is 0 Å². The molecule has 0 amide bonds. The SMILES string of the molecule is Cc1ccc2c(-c3ccccc3)c(C)cnc2c1. The highest BCUT2D eigenvalue weighted by Gasteiger charge is 2.07. The van der Waals surface area contributed by atoms with Crippen LogP contribution in [0.1, 0.15) is 11.1 Å². The summed E-state index contributed by atoms with van der Waals surface area (Å²) in [4.78, 5) is 4.53. The Hall–Kier alpha value is -2.15. The van der Waals surface area contributed by atoms with E-state index >= 15 is 0 Å². The van der Waals surface area contributed by atoms with Gasteiger partial charge in [-0.25, -0.2) is 0 Å². The first-order valence-corrected chi connectivity index (χ1v) is 6.17. The predicted molar refractivity (Wildman–Crippen MR) is 76.7 cm³/mol. The lowest BCUT2D eigenvalue weighted by molar-refractivity contribution is 1.32. The number of benzene rings is 2. The molecule has 0 aliphatic heterocycles. The van der Waals surface area contributed by atoms with Crippen molar-refractivity contribution in [3.8, 4) is 11.1 Å². The van der Waals surface area contributed by atoms with Crippen LogP contribution >= 0.6 is 0 Å². The highest BCUT2D eigenvalue weighted by Crippen LogP contribution is 2.30. The van der Waals surface area contributed by atoms with Gasteiger partial charge in [-0.1, -0.05) is 42.5 Å². The molecule has 1 nitrogen and oxygen atoms in total. The molecule has 0 aliphatic rings. The maximum absolute atomic E-state index is 4.53. The van der Waals surface area contributed by atoms with Crippen molar-refractivity contribution in [3.05, 3.63) is 65.9 Å². The molecule has 18 heavy (non-hydrogen) atoms. The Bertz CT molecular complexity index is 699. The second-order valence-electron chi connectivity index (χ2n) is 4.70. The molecule has 0 aliphatic carbocycles. The number of hydrogen-bond donors (Lipinski definition) is 0. The number of rotatable bonds is 1. The highest BCUT2D eigenvalue weighted by atomic mass is 14.7. The average molecular weight is 233 g/mol. The van der Waals surface area contributed by atoms with Crippen LogP contribution in [0, 0.1) is 13.8 Å². The van der Waals surface area contributed by atoms with E-state index in [4.69, 9.17) is 0 Å². The Morgan fingerprint density at radius 3 is 2.44 bits per heavy atom. The summed E-state index contributed by atoms with van der Waals surface area (Å²) >= 11 is 0. The van der Waals surface area contributed by atoms with E-state index in [2.05, 4.69) is 61.3 Å². The van der Waals surface area contributed by atoms with Crippen LogP contribution in [0.3, 0.4) is 0 Å². The minimum atomic E-state index is 1.07. The van der Waals surface area contributed by atoms with Gasteiger partial charge in [0.25, 0.3) is 0 Å². The molecule has 2 aromatic carbocycles. The zero-order chi connectivity index (χ0) is 12.5. The van der Waals surface area contributed by atoms with Crippen LogP contribution < -0.4 is 0 Å². The van der Waals surface area contributed by atoms with Gasteiger partial charge >= 0.3 is 0 Å². The topological polar surface area (TPSA) is 12.9 Å². The molecule has 0 unspecified atom stereocenters. The van der Waals surface area contributed by atoms with E-state index in [1.807, 2.05) is 12.3 Å². The smallest absolute Gasteiger partial charge is 0.0711 e. The molecule has 0 atom stereocenters. The number of pyridine rings is 1. The van der Waals surface area contributed by atoms with Gasteiger partial charge in [0.05, 0.1) is 5.52 Å². The van der Waals surface area contributed by atoms with Crippen molar-refractivity contribution in [2.24, 2.45) is 0 Å². The quantitative estimate of drug-likeness (QED) is 0.602. The van der Waals surface area contributed by atoms with Crippen LogP contribution in [0.5, 0.6) is 0 Å². The van der Waals surface area contributed by atoms with Gasteiger partial charge in [0.1, 0.15) is 0 Å². The molecule has 0 saturated heterocycles. The van der Waals surface area contributed by atoms with Crippen molar-refractivity contribution in [1.82, 2.24) is 4.98 Å². The summed E-state index contributed by atoms with van der Waals surface area (Å²) in [5, 5.41) is 1.23. The summed E-state index contributed by atoms with van der Waals surface area (Å²) in [5.74, 6) is 0. The van der Waals surface area contributed by atoms with Crippen molar-refractivity contribution in [3.63, 3.8) is 0 Å². The summed E-state index contributed by atoms with van der Waals surface area (Å²) < 4.78 is 0. The van der Waals surface area contributed by atoms with Gasteiger partial charge in [-0.3, -0.25) is 4.98 Å². The van der Waals surface area contributed by atoms with Crippen molar-refractivity contribution < 1.29 is 0 Å². The first-order valence-electron chi connectivity index (χ1n) is 6.17. The molecular formula is C17H15N. The number of nitrogens with zero attached hydrogens (tertiary/aromatic N) is 1. The summed E-state index contributed by atoms with van der Waals surface area (Å²) in [6.45, 7) is 4.22. The van der Waals surface area contributed by atoms with Gasteiger partial charge < -0.3 is 0 Å². The zero-order valence-electron chi connectivity index (χ0n) is 10.6. The zero-order valence-corrected chi connectivity index (χ0v) is 10.6. The Morgan fingerprint density at radius 1 is 0.889 bits per heavy atom. The largest absolute Gasteiger partial charge is 0.256 e. The van der Waals surface area contributed by atoms with Crippen molar-refractivity contribution in [2.45, 2.75) is 13.8 Å². The highest BCUT2D eigenvalue weighted by molar-refractivity contribution is 5.96. The molecule has 3 aromatic rings. The third-order valence-corrected chi connectivity index (χ3v) is 3.28. The molecule has 0 fully saturated rings. The predicted octanol–water partition coefficient (Wildman–Crippen LogP) is 4.52. The molecule has 1 heterocycles. The number of aryl methyl sites for hydroxylation is 2. The second kappa shape index (κ2) is 4.26. The Labute approximate surface area is 107 Å². The maximum atomic E-state index is 4.53. The van der Waals surface area contributed by atoms with E-state index in [-0.39, 0.29) is 0 Å². The Morgan fingerprint density at radius 2 is 1.67 bits per heavy atom. The number of aromatic nitrogens is 1. The van der Waals surface area contributed by atoms with E-state index in [1.165, 1.54) is 27.6 Å². The number of fused-ring (bicyclic) bond motifs is 1. The fraction of sp³-hybridized carbons (Fsp3) is 0.118. The van der Waals surface area contributed by atoms with Crippen LogP contribution in [0.15, 0.2) is 54.7 Å². The summed E-state index contributed by atoms with van der Waals surface area (Å²) in [6, 6.07) is 17.0. The lowest BCUT2D eigenvalue weighted by Gasteiger charge is -2.10. The monoisotopic (exact) mass is 233 g/mol. The van der Waals surface area contributed by atoms with Crippen LogP contribution in [-0.4, -0.2) is 4.98 Å². The van der Waals surface area contributed by atoms with Crippen LogP contribution in [-0.2, 0) is 0 Å². The lowest BCUT2D eigenvalue weighted by Crippen LogP contribution is -1.89. The molecule has 1 heteroatoms. The van der Waals surface area contributed by atoms with E-state index in [0.29, 0.717) is 0 Å². The average Bonchev–Trinajstić information content (AvgIpc) is 2.40. The molecule has 0 bridgehead atoms. The van der Waals surface area contributed by atoms with Crippen LogP contribution in [0.4, 0.5) is 0 Å². The van der Waals surface area contributed by atoms with Crippen LogP contribution in [0.25, 0.3) is 22.0 Å². The van der Waals surface area contributed by atoms with Gasteiger partial charge in [-0.15, -0.1) is 0 Å². The summed E-state index contributed by atoms with van der Waals surface area (Å²) in [5.41, 5.74) is 6.08. The Kier molecular flexibility index (Phi) is 2.60. The minimum absolute atomic E-state index is 1.07. The molecule has 0 saturated carbocycles. The second-order valence-corrected chi connectivity index (χ2v) is 4.70. The molecule has 0 spiro atoms. The van der Waals surface area contributed by atoms with E-state index in [1.54, 1.807) is 0 Å². The van der Waals surface area contributed by atoms with E-state index in [0.717, 1.165) is 5.52 Å². The summed E-state index contributed by atoms with van der Waals surface area (Å²) in [6.07, 6.45) is 1.96. The van der Waals surface area contributed by atoms with Gasteiger partial charge in [0.2, 0.25) is 0 Å². The van der Waals surface area contributed by atoms with E-state index < -0.39 is 0 Å². The molecule has 0 N–H and O–H groups in total. The molecule has 1 aromatic heterocycles. The first-order chi connectivity index (χ1) is 8.75. The van der Waals surface area contributed by atoms with Gasteiger partial charge in [-0.2, -0.15) is 0 Å². The Balaban J connectivity index is 2.37. The standard InChI is InChI=1S/C17H15N/c1-12-8-9-15-16(10-12)18-11-13(2)17(15)14-6-4-3-5-7-14/h3-11H,1-2H3. The molecule has 0 radical (unpaired) electrons.